The molecule has 0 saturated heterocycles. The van der Waals surface area contributed by atoms with E-state index in [9.17, 15) is 20.1 Å². The number of phenolic OH excluding ortho intramolecular Hbond substituents is 3. The van der Waals surface area contributed by atoms with Gasteiger partial charge in [0.1, 0.15) is 17.2 Å². The van der Waals surface area contributed by atoms with E-state index in [1.807, 2.05) is 4.90 Å². The molecule has 1 aromatic heterocycles. The Hall–Kier alpha value is -2.32. The Morgan fingerprint density at radius 1 is 1.18 bits per heavy atom. The number of aromatic amines is 2. The molecule has 0 spiro atoms. The van der Waals surface area contributed by atoms with Crippen LogP contribution in [-0.4, -0.2) is 36.7 Å². The zero-order chi connectivity index (χ0) is 15.9. The summed E-state index contributed by atoms with van der Waals surface area (Å²) in [4.78, 5) is 19.4. The molecule has 0 unspecified atom stereocenters. The third-order valence-electron chi connectivity index (χ3n) is 3.76. The van der Waals surface area contributed by atoms with E-state index in [0.717, 1.165) is 5.69 Å². The van der Waals surface area contributed by atoms with Crippen LogP contribution < -0.4 is 5.56 Å². The predicted octanol–water partition coefficient (Wildman–Crippen LogP) is 1.11. The Morgan fingerprint density at radius 3 is 2.55 bits per heavy atom. The fourth-order valence-corrected chi connectivity index (χ4v) is 2.88. The van der Waals surface area contributed by atoms with E-state index in [4.69, 9.17) is 12.2 Å². The Balaban J connectivity index is 1.87. The van der Waals surface area contributed by atoms with Crippen molar-refractivity contribution in [3.63, 3.8) is 0 Å². The standard InChI is InChI=1S/C14H15N3O4S/c18-7-3-11(19)9(12(20)4-7)6-17-2-1-10-8(5-17)13(21)16-14(22)15-10/h3-4,18-20H,1-2,5-6H2,(H2,15,16,21,22). The first-order valence-electron chi connectivity index (χ1n) is 6.74. The molecule has 0 radical (unpaired) electrons. The molecule has 22 heavy (non-hydrogen) atoms. The summed E-state index contributed by atoms with van der Waals surface area (Å²) in [6.07, 6.45) is 0.627. The second-order valence-electron chi connectivity index (χ2n) is 5.29. The van der Waals surface area contributed by atoms with Gasteiger partial charge in [0.05, 0.1) is 5.56 Å². The molecule has 0 bridgehead atoms. The molecular formula is C14H15N3O4S. The molecule has 2 aromatic rings. The fourth-order valence-electron chi connectivity index (χ4n) is 2.66. The lowest BCUT2D eigenvalue weighted by molar-refractivity contribution is 0.235. The second-order valence-corrected chi connectivity index (χ2v) is 5.70. The van der Waals surface area contributed by atoms with Crippen molar-refractivity contribution in [2.24, 2.45) is 0 Å². The zero-order valence-corrected chi connectivity index (χ0v) is 12.4. The van der Waals surface area contributed by atoms with Crippen LogP contribution in [0.1, 0.15) is 16.8 Å². The maximum atomic E-state index is 12.0. The predicted molar refractivity (Wildman–Crippen MR) is 81.5 cm³/mol. The summed E-state index contributed by atoms with van der Waals surface area (Å²) in [5, 5.41) is 29.0. The van der Waals surface area contributed by atoms with Gasteiger partial charge in [0, 0.05) is 49.4 Å². The third kappa shape index (κ3) is 2.70. The van der Waals surface area contributed by atoms with Crippen LogP contribution in [0, 0.1) is 4.77 Å². The van der Waals surface area contributed by atoms with Crippen LogP contribution in [0.4, 0.5) is 0 Å². The maximum absolute atomic E-state index is 12.0. The Kier molecular flexibility index (Phi) is 3.63. The van der Waals surface area contributed by atoms with E-state index in [1.165, 1.54) is 12.1 Å². The van der Waals surface area contributed by atoms with Gasteiger partial charge in [-0.15, -0.1) is 0 Å². The highest BCUT2D eigenvalue weighted by atomic mass is 32.1. The van der Waals surface area contributed by atoms with Crippen molar-refractivity contribution in [2.75, 3.05) is 6.54 Å². The number of nitrogens with one attached hydrogen (secondary N) is 2. The van der Waals surface area contributed by atoms with Gasteiger partial charge in [-0.25, -0.2) is 0 Å². The van der Waals surface area contributed by atoms with Crippen LogP contribution in [-0.2, 0) is 19.5 Å². The van der Waals surface area contributed by atoms with Crippen molar-refractivity contribution in [1.29, 1.82) is 0 Å². The van der Waals surface area contributed by atoms with E-state index in [0.29, 0.717) is 35.4 Å². The van der Waals surface area contributed by atoms with Crippen LogP contribution in [0.3, 0.4) is 0 Å². The topological polar surface area (TPSA) is 113 Å². The number of aromatic nitrogens is 2. The molecule has 116 valence electrons. The summed E-state index contributed by atoms with van der Waals surface area (Å²) >= 11 is 4.95. The minimum atomic E-state index is -0.220. The molecular weight excluding hydrogens is 306 g/mol. The van der Waals surface area contributed by atoms with E-state index >= 15 is 0 Å². The first kappa shape index (κ1) is 14.6. The maximum Gasteiger partial charge on any atom is 0.256 e. The van der Waals surface area contributed by atoms with Gasteiger partial charge in [-0.3, -0.25) is 14.7 Å². The van der Waals surface area contributed by atoms with Crippen LogP contribution in [0.2, 0.25) is 0 Å². The number of phenols is 3. The van der Waals surface area contributed by atoms with Crippen molar-refractivity contribution in [1.82, 2.24) is 14.9 Å². The number of hydrogen-bond acceptors (Lipinski definition) is 6. The molecule has 3 rings (SSSR count). The van der Waals surface area contributed by atoms with Crippen molar-refractivity contribution < 1.29 is 15.3 Å². The van der Waals surface area contributed by atoms with Crippen molar-refractivity contribution in [3.8, 4) is 17.2 Å². The molecule has 0 fully saturated rings. The van der Waals surface area contributed by atoms with Gasteiger partial charge >= 0.3 is 0 Å². The van der Waals surface area contributed by atoms with E-state index in [-0.39, 0.29) is 29.4 Å². The number of rotatable bonds is 2. The van der Waals surface area contributed by atoms with Crippen LogP contribution >= 0.6 is 12.2 Å². The summed E-state index contributed by atoms with van der Waals surface area (Å²) in [7, 11) is 0. The zero-order valence-electron chi connectivity index (χ0n) is 11.6. The highest BCUT2D eigenvalue weighted by Crippen LogP contribution is 2.33. The molecule has 7 nitrogen and oxygen atoms in total. The van der Waals surface area contributed by atoms with Gasteiger partial charge in [0.2, 0.25) is 0 Å². The first-order chi connectivity index (χ1) is 10.4. The number of fused-ring (bicyclic) bond motifs is 1. The SMILES string of the molecule is O=c1[nH]c(=S)[nH]c2c1CN(Cc1c(O)cc(O)cc1O)CC2. The molecule has 0 saturated carbocycles. The first-order valence-corrected chi connectivity index (χ1v) is 7.15. The summed E-state index contributed by atoms with van der Waals surface area (Å²) < 4.78 is 0.311. The molecule has 8 heteroatoms. The lowest BCUT2D eigenvalue weighted by Crippen LogP contribution is -2.35. The van der Waals surface area contributed by atoms with E-state index in [2.05, 4.69) is 9.97 Å². The van der Waals surface area contributed by atoms with Crippen molar-refractivity contribution in [2.45, 2.75) is 19.5 Å². The van der Waals surface area contributed by atoms with Crippen LogP contribution in [0.25, 0.3) is 0 Å². The molecule has 1 aromatic carbocycles. The number of H-pyrrole nitrogens is 2. The summed E-state index contributed by atoms with van der Waals surface area (Å²) in [6, 6.07) is 2.36. The molecule has 0 amide bonds. The number of hydrogen-bond donors (Lipinski definition) is 5. The van der Waals surface area contributed by atoms with Crippen LogP contribution in [0.5, 0.6) is 17.2 Å². The molecule has 1 aliphatic heterocycles. The summed E-state index contributed by atoms with van der Waals surface area (Å²) in [6.45, 7) is 1.31. The Labute approximate surface area is 130 Å². The van der Waals surface area contributed by atoms with E-state index in [1.54, 1.807) is 0 Å². The van der Waals surface area contributed by atoms with E-state index < -0.39 is 0 Å². The minimum absolute atomic E-state index is 0.176. The van der Waals surface area contributed by atoms with Crippen molar-refractivity contribution in [3.05, 3.63) is 44.1 Å². The summed E-state index contributed by atoms with van der Waals surface area (Å²) in [5.74, 6) is -0.555. The fraction of sp³-hybridized carbons (Fsp3) is 0.286. The third-order valence-corrected chi connectivity index (χ3v) is 3.96. The quantitative estimate of drug-likeness (QED) is 0.530. The average molecular weight is 321 g/mol. The Bertz CT molecular complexity index is 820. The number of benzene rings is 1. The molecule has 0 atom stereocenters. The van der Waals surface area contributed by atoms with Gasteiger partial charge in [0.25, 0.3) is 5.56 Å². The van der Waals surface area contributed by atoms with Crippen LogP contribution in [0.15, 0.2) is 16.9 Å². The molecule has 1 aliphatic rings. The largest absolute Gasteiger partial charge is 0.508 e. The average Bonchev–Trinajstić information content (AvgIpc) is 2.43. The summed E-state index contributed by atoms with van der Waals surface area (Å²) in [5.41, 5.74) is 1.53. The molecule has 2 heterocycles. The highest BCUT2D eigenvalue weighted by molar-refractivity contribution is 7.71. The monoisotopic (exact) mass is 321 g/mol. The second kappa shape index (κ2) is 5.47. The molecule has 0 aliphatic carbocycles. The van der Waals surface area contributed by atoms with Gasteiger partial charge < -0.3 is 20.3 Å². The highest BCUT2D eigenvalue weighted by Gasteiger charge is 2.22. The van der Waals surface area contributed by atoms with Gasteiger partial charge in [0.15, 0.2) is 4.77 Å². The number of nitrogens with zero attached hydrogens (tertiary/aromatic N) is 1. The lowest BCUT2D eigenvalue weighted by Gasteiger charge is -2.28. The van der Waals surface area contributed by atoms with Gasteiger partial charge in [-0.1, -0.05) is 0 Å². The molecule has 5 N–H and O–H groups in total. The Morgan fingerprint density at radius 2 is 1.86 bits per heavy atom. The van der Waals surface area contributed by atoms with Crippen molar-refractivity contribution >= 4 is 12.2 Å². The normalized spacial score (nSPS) is 14.7. The van der Waals surface area contributed by atoms with Gasteiger partial charge in [-0.2, -0.15) is 0 Å². The smallest absolute Gasteiger partial charge is 0.256 e. The minimum Gasteiger partial charge on any atom is -0.508 e. The number of aromatic hydroxyl groups is 3. The van der Waals surface area contributed by atoms with Gasteiger partial charge in [-0.05, 0) is 12.2 Å². The lowest BCUT2D eigenvalue weighted by atomic mass is 10.1.